The van der Waals surface area contributed by atoms with Gasteiger partial charge >= 0.3 is 0 Å². The summed E-state index contributed by atoms with van der Waals surface area (Å²) < 4.78 is 0.868. The number of hydrogen-bond acceptors (Lipinski definition) is 3. The molecule has 0 aromatic carbocycles. The summed E-state index contributed by atoms with van der Waals surface area (Å²) in [6.45, 7) is 1.96. The van der Waals surface area contributed by atoms with E-state index in [2.05, 4.69) is 11.4 Å². The van der Waals surface area contributed by atoms with Gasteiger partial charge in [0.2, 0.25) is 0 Å². The zero-order chi connectivity index (χ0) is 12.1. The van der Waals surface area contributed by atoms with Crippen LogP contribution in [0.3, 0.4) is 0 Å². The van der Waals surface area contributed by atoms with Gasteiger partial charge in [-0.25, -0.2) is 0 Å². The van der Waals surface area contributed by atoms with Gasteiger partial charge in [0, 0.05) is 17.5 Å². The first-order chi connectivity index (χ1) is 8.25. The van der Waals surface area contributed by atoms with Gasteiger partial charge < -0.3 is 11.1 Å². The molecule has 1 aliphatic rings. The second-order valence-electron chi connectivity index (χ2n) is 4.90. The summed E-state index contributed by atoms with van der Waals surface area (Å²) in [7, 11) is 0. The molecule has 1 saturated carbocycles. The van der Waals surface area contributed by atoms with E-state index in [9.17, 15) is 0 Å². The minimum absolute atomic E-state index is 0.386. The van der Waals surface area contributed by atoms with Crippen molar-refractivity contribution in [1.82, 2.24) is 5.32 Å². The molecule has 0 amide bonds. The zero-order valence-corrected chi connectivity index (χ0v) is 11.7. The number of rotatable bonds is 4. The predicted molar refractivity (Wildman–Crippen MR) is 75.6 cm³/mol. The standard InChI is InChI=1S/C13H21ClN2S/c14-13-7-6-11(17-13)9-16-8-10-4-2-1-3-5-12(10)15/h6-7,10,12,16H,1-5,8-9,15H2. The molecule has 0 spiro atoms. The largest absolute Gasteiger partial charge is 0.327 e. The molecule has 4 heteroatoms. The Morgan fingerprint density at radius 3 is 2.88 bits per heavy atom. The van der Waals surface area contributed by atoms with E-state index in [0.29, 0.717) is 12.0 Å². The number of hydrogen-bond donors (Lipinski definition) is 2. The van der Waals surface area contributed by atoms with Crippen molar-refractivity contribution in [3.63, 3.8) is 0 Å². The third-order valence-electron chi connectivity index (χ3n) is 3.55. The second kappa shape index (κ2) is 6.74. The molecule has 2 unspecified atom stereocenters. The van der Waals surface area contributed by atoms with Crippen LogP contribution in [0, 0.1) is 5.92 Å². The van der Waals surface area contributed by atoms with Gasteiger partial charge in [-0.15, -0.1) is 11.3 Å². The van der Waals surface area contributed by atoms with Gasteiger partial charge in [-0.1, -0.05) is 30.9 Å². The van der Waals surface area contributed by atoms with Crippen LogP contribution in [-0.2, 0) is 6.54 Å². The minimum atomic E-state index is 0.386. The molecule has 1 aromatic heterocycles. The maximum Gasteiger partial charge on any atom is 0.0931 e. The Balaban J connectivity index is 1.73. The molecule has 0 bridgehead atoms. The zero-order valence-electron chi connectivity index (χ0n) is 10.1. The van der Waals surface area contributed by atoms with Gasteiger partial charge in [-0.05, 0) is 37.4 Å². The summed E-state index contributed by atoms with van der Waals surface area (Å²) in [5.74, 6) is 0.646. The molecule has 2 nitrogen and oxygen atoms in total. The Hall–Kier alpha value is -0.0900. The lowest BCUT2D eigenvalue weighted by Crippen LogP contribution is -2.36. The number of halogens is 1. The molecule has 1 heterocycles. The molecule has 0 aliphatic heterocycles. The fraction of sp³-hybridized carbons (Fsp3) is 0.692. The molecular weight excluding hydrogens is 252 g/mol. The van der Waals surface area contributed by atoms with Crippen LogP contribution < -0.4 is 11.1 Å². The Kier molecular flexibility index (Phi) is 5.29. The molecule has 96 valence electrons. The first-order valence-corrected chi connectivity index (χ1v) is 7.65. The summed E-state index contributed by atoms with van der Waals surface area (Å²) >= 11 is 7.55. The lowest BCUT2D eigenvalue weighted by Gasteiger charge is -2.21. The van der Waals surface area contributed by atoms with Crippen LogP contribution in [0.2, 0.25) is 4.34 Å². The van der Waals surface area contributed by atoms with Crippen molar-refractivity contribution in [2.75, 3.05) is 6.54 Å². The molecule has 1 aliphatic carbocycles. The van der Waals surface area contributed by atoms with Crippen molar-refractivity contribution >= 4 is 22.9 Å². The summed E-state index contributed by atoms with van der Waals surface area (Å²) in [5.41, 5.74) is 6.20. The van der Waals surface area contributed by atoms with Gasteiger partial charge in [-0.3, -0.25) is 0 Å². The van der Waals surface area contributed by atoms with E-state index in [1.54, 1.807) is 11.3 Å². The fourth-order valence-corrected chi connectivity index (χ4v) is 3.55. The van der Waals surface area contributed by atoms with E-state index >= 15 is 0 Å². The average molecular weight is 273 g/mol. The topological polar surface area (TPSA) is 38.0 Å². The van der Waals surface area contributed by atoms with Crippen LogP contribution in [0.5, 0.6) is 0 Å². The highest BCUT2D eigenvalue weighted by Crippen LogP contribution is 2.23. The van der Waals surface area contributed by atoms with E-state index < -0.39 is 0 Å². The highest BCUT2D eigenvalue weighted by molar-refractivity contribution is 7.16. The SMILES string of the molecule is NC1CCCCCC1CNCc1ccc(Cl)s1. The average Bonchev–Trinajstić information content (AvgIpc) is 2.61. The lowest BCUT2D eigenvalue weighted by atomic mass is 9.95. The number of nitrogens with two attached hydrogens (primary N) is 1. The Labute approximate surface area is 113 Å². The van der Waals surface area contributed by atoms with E-state index in [1.807, 2.05) is 6.07 Å². The maximum atomic E-state index is 6.20. The lowest BCUT2D eigenvalue weighted by molar-refractivity contribution is 0.375. The van der Waals surface area contributed by atoms with Crippen molar-refractivity contribution in [3.8, 4) is 0 Å². The normalized spacial score (nSPS) is 25.8. The van der Waals surface area contributed by atoms with Crippen LogP contribution in [0.4, 0.5) is 0 Å². The number of nitrogens with one attached hydrogen (secondary N) is 1. The summed E-state index contributed by atoms with van der Waals surface area (Å²) in [6.07, 6.45) is 6.46. The molecule has 2 rings (SSSR count). The van der Waals surface area contributed by atoms with Crippen molar-refractivity contribution in [3.05, 3.63) is 21.3 Å². The summed E-state index contributed by atoms with van der Waals surface area (Å²) in [5, 5.41) is 3.51. The molecule has 1 fully saturated rings. The van der Waals surface area contributed by atoms with Gasteiger partial charge in [-0.2, -0.15) is 0 Å². The quantitative estimate of drug-likeness (QED) is 0.825. The van der Waals surface area contributed by atoms with Crippen molar-refractivity contribution < 1.29 is 0 Å². The summed E-state index contributed by atoms with van der Waals surface area (Å²) in [4.78, 5) is 1.30. The predicted octanol–water partition coefficient (Wildman–Crippen LogP) is 3.40. The Morgan fingerprint density at radius 1 is 1.29 bits per heavy atom. The van der Waals surface area contributed by atoms with Crippen molar-refractivity contribution in [2.24, 2.45) is 11.7 Å². The van der Waals surface area contributed by atoms with Gasteiger partial charge in [0.15, 0.2) is 0 Å². The molecule has 3 N–H and O–H groups in total. The van der Waals surface area contributed by atoms with Gasteiger partial charge in [0.1, 0.15) is 0 Å². The maximum absolute atomic E-state index is 6.20. The van der Waals surface area contributed by atoms with Crippen LogP contribution in [0.15, 0.2) is 12.1 Å². The van der Waals surface area contributed by atoms with Gasteiger partial charge in [0.05, 0.1) is 4.34 Å². The van der Waals surface area contributed by atoms with Crippen LogP contribution in [0.25, 0.3) is 0 Å². The van der Waals surface area contributed by atoms with Crippen LogP contribution >= 0.6 is 22.9 Å². The van der Waals surface area contributed by atoms with Gasteiger partial charge in [0.25, 0.3) is 0 Å². The fourth-order valence-electron chi connectivity index (χ4n) is 2.49. The monoisotopic (exact) mass is 272 g/mol. The third kappa shape index (κ3) is 4.25. The molecular formula is C13H21ClN2S. The highest BCUT2D eigenvalue weighted by Gasteiger charge is 2.19. The smallest absolute Gasteiger partial charge is 0.0931 e. The molecule has 0 saturated heterocycles. The van der Waals surface area contributed by atoms with E-state index in [4.69, 9.17) is 17.3 Å². The van der Waals surface area contributed by atoms with Crippen molar-refractivity contribution in [1.29, 1.82) is 0 Å². The first-order valence-electron chi connectivity index (χ1n) is 6.46. The second-order valence-corrected chi connectivity index (χ2v) is 6.70. The van der Waals surface area contributed by atoms with E-state index in [-0.39, 0.29) is 0 Å². The minimum Gasteiger partial charge on any atom is -0.327 e. The van der Waals surface area contributed by atoms with Crippen LogP contribution in [-0.4, -0.2) is 12.6 Å². The molecule has 0 radical (unpaired) electrons. The van der Waals surface area contributed by atoms with Crippen LogP contribution in [0.1, 0.15) is 37.0 Å². The summed E-state index contributed by atoms with van der Waals surface area (Å²) in [6, 6.07) is 4.44. The Bertz CT molecular complexity index is 340. The van der Waals surface area contributed by atoms with Crippen molar-refractivity contribution in [2.45, 2.75) is 44.7 Å². The highest BCUT2D eigenvalue weighted by atomic mass is 35.5. The molecule has 1 aromatic rings. The Morgan fingerprint density at radius 2 is 2.12 bits per heavy atom. The number of thiophene rings is 1. The first kappa shape index (κ1) is 13.3. The molecule has 2 atom stereocenters. The molecule has 17 heavy (non-hydrogen) atoms. The van der Waals surface area contributed by atoms with E-state index in [0.717, 1.165) is 17.4 Å². The van der Waals surface area contributed by atoms with E-state index in [1.165, 1.54) is 37.0 Å². The third-order valence-corrected chi connectivity index (χ3v) is 4.78.